The van der Waals surface area contributed by atoms with Crippen LogP contribution in [-0.2, 0) is 4.79 Å². The molecule has 0 aromatic rings. The number of carbonyl (C=O) groups excluding carboxylic acids is 2. The van der Waals surface area contributed by atoms with E-state index >= 15 is 0 Å². The highest BCUT2D eigenvalue weighted by atomic mass is 16.2. The van der Waals surface area contributed by atoms with Gasteiger partial charge in [-0.2, -0.15) is 0 Å². The normalized spacial score (nSPS) is 12.8. The second-order valence-corrected chi connectivity index (χ2v) is 3.88. The molecule has 0 aliphatic rings. The van der Waals surface area contributed by atoms with Crippen molar-refractivity contribution in [2.45, 2.75) is 33.2 Å². The first-order valence-corrected chi connectivity index (χ1v) is 5.43. The summed E-state index contributed by atoms with van der Waals surface area (Å²) in [4.78, 5) is 22.4. The molecule has 0 heterocycles. The zero-order valence-electron chi connectivity index (χ0n) is 10.1. The first kappa shape index (κ1) is 14.5. The molecule has 1 unspecified atom stereocenters. The van der Waals surface area contributed by atoms with Crippen LogP contribution in [0.4, 0.5) is 4.79 Å². The van der Waals surface area contributed by atoms with Gasteiger partial charge in [-0.15, -0.1) is 0 Å². The number of nitrogens with one attached hydrogen (secondary N) is 2. The predicted molar refractivity (Wildman–Crippen MR) is 63.8 cm³/mol. The van der Waals surface area contributed by atoms with Crippen LogP contribution in [-0.4, -0.2) is 24.5 Å². The molecule has 5 heteroatoms. The van der Waals surface area contributed by atoms with E-state index in [9.17, 15) is 9.59 Å². The Morgan fingerprint density at radius 3 is 2.44 bits per heavy atom. The highest BCUT2D eigenvalue weighted by Crippen LogP contribution is 2.01. The Hall–Kier alpha value is -1.52. The maximum absolute atomic E-state index is 11.7. The maximum atomic E-state index is 11.7. The van der Waals surface area contributed by atoms with Gasteiger partial charge in [-0.05, 0) is 19.3 Å². The van der Waals surface area contributed by atoms with Crippen LogP contribution in [0.2, 0.25) is 0 Å². The van der Waals surface area contributed by atoms with Crippen LogP contribution in [0.15, 0.2) is 12.2 Å². The Bertz CT molecular complexity index is 262. The van der Waals surface area contributed by atoms with Gasteiger partial charge < -0.3 is 16.4 Å². The van der Waals surface area contributed by atoms with E-state index in [1.54, 1.807) is 0 Å². The molecule has 92 valence electrons. The number of urea groups is 1. The fourth-order valence-electron chi connectivity index (χ4n) is 1.24. The summed E-state index contributed by atoms with van der Waals surface area (Å²) in [6.45, 7) is 6.19. The van der Waals surface area contributed by atoms with Gasteiger partial charge in [0.15, 0.2) is 0 Å². The van der Waals surface area contributed by atoms with Crippen LogP contribution in [0, 0.1) is 5.92 Å². The second kappa shape index (κ2) is 7.73. The topological polar surface area (TPSA) is 84.2 Å². The summed E-state index contributed by atoms with van der Waals surface area (Å²) in [5.74, 6) is -0.187. The van der Waals surface area contributed by atoms with E-state index in [0.717, 1.165) is 6.42 Å². The quantitative estimate of drug-likeness (QED) is 0.462. The molecule has 0 saturated heterocycles. The largest absolute Gasteiger partial charge is 0.354 e. The van der Waals surface area contributed by atoms with Crippen molar-refractivity contribution in [1.29, 1.82) is 0 Å². The van der Waals surface area contributed by atoms with E-state index in [2.05, 4.69) is 10.6 Å². The number of rotatable bonds is 6. The summed E-state index contributed by atoms with van der Waals surface area (Å²) in [6.07, 6.45) is 4.67. The third-order valence-corrected chi connectivity index (χ3v) is 2.09. The fraction of sp³-hybridized carbons (Fsp3) is 0.636. The molecular weight excluding hydrogens is 206 g/mol. The Balaban J connectivity index is 4.12. The molecule has 3 amide bonds. The summed E-state index contributed by atoms with van der Waals surface area (Å²) in [5, 5.41) is 5.17. The number of hydrogen-bond donors (Lipinski definition) is 3. The summed E-state index contributed by atoms with van der Waals surface area (Å²) in [6, 6.07) is -1.24. The first-order chi connectivity index (χ1) is 7.49. The summed E-state index contributed by atoms with van der Waals surface area (Å²) in [5.41, 5.74) is 5.00. The minimum Gasteiger partial charge on any atom is -0.354 e. The molecule has 0 rings (SSSR count). The molecule has 5 nitrogen and oxygen atoms in total. The number of allylic oxidation sites excluding steroid dienone is 1. The van der Waals surface area contributed by atoms with Crippen molar-refractivity contribution in [3.05, 3.63) is 12.2 Å². The average molecular weight is 227 g/mol. The van der Waals surface area contributed by atoms with Gasteiger partial charge in [0, 0.05) is 6.54 Å². The van der Waals surface area contributed by atoms with Gasteiger partial charge in [0.2, 0.25) is 5.91 Å². The Morgan fingerprint density at radius 1 is 1.38 bits per heavy atom. The predicted octanol–water partition coefficient (Wildman–Crippen LogP) is 0.762. The summed E-state index contributed by atoms with van der Waals surface area (Å²) in [7, 11) is 0. The SMILES string of the molecule is C/C=C/CCNC(=O)C(NC(N)=O)C(C)C. The molecule has 0 aliphatic carbocycles. The molecule has 4 N–H and O–H groups in total. The Morgan fingerprint density at radius 2 is 2.00 bits per heavy atom. The summed E-state index contributed by atoms with van der Waals surface area (Å²) >= 11 is 0. The molecule has 0 bridgehead atoms. The standard InChI is InChI=1S/C11H21N3O2/c1-4-5-6-7-13-10(15)9(8(2)3)14-11(12)16/h4-5,8-9H,6-7H2,1-3H3,(H,13,15)(H3,12,14,16)/b5-4+. The highest BCUT2D eigenvalue weighted by Gasteiger charge is 2.22. The lowest BCUT2D eigenvalue weighted by atomic mass is 10.0. The van der Waals surface area contributed by atoms with Gasteiger partial charge in [-0.3, -0.25) is 4.79 Å². The monoisotopic (exact) mass is 227 g/mol. The van der Waals surface area contributed by atoms with Crippen LogP contribution in [0.1, 0.15) is 27.2 Å². The van der Waals surface area contributed by atoms with Crippen LogP contribution in [0.3, 0.4) is 0 Å². The van der Waals surface area contributed by atoms with Crippen LogP contribution in [0.5, 0.6) is 0 Å². The van der Waals surface area contributed by atoms with Gasteiger partial charge in [0.05, 0.1) is 0 Å². The van der Waals surface area contributed by atoms with E-state index in [0.29, 0.717) is 6.54 Å². The van der Waals surface area contributed by atoms with Crippen molar-refractivity contribution in [2.75, 3.05) is 6.54 Å². The van der Waals surface area contributed by atoms with E-state index in [4.69, 9.17) is 5.73 Å². The zero-order chi connectivity index (χ0) is 12.6. The molecule has 0 radical (unpaired) electrons. The molecule has 0 saturated carbocycles. The smallest absolute Gasteiger partial charge is 0.312 e. The fourth-order valence-corrected chi connectivity index (χ4v) is 1.24. The van der Waals surface area contributed by atoms with Crippen molar-refractivity contribution < 1.29 is 9.59 Å². The number of carbonyl (C=O) groups is 2. The Labute approximate surface area is 96.5 Å². The van der Waals surface area contributed by atoms with Crippen molar-refractivity contribution >= 4 is 11.9 Å². The number of amides is 3. The number of nitrogens with two attached hydrogens (primary N) is 1. The van der Waals surface area contributed by atoms with E-state index in [1.165, 1.54) is 0 Å². The molecule has 16 heavy (non-hydrogen) atoms. The second-order valence-electron chi connectivity index (χ2n) is 3.88. The van der Waals surface area contributed by atoms with Gasteiger partial charge in [-0.25, -0.2) is 4.79 Å². The molecule has 0 fully saturated rings. The summed E-state index contributed by atoms with van der Waals surface area (Å²) < 4.78 is 0. The lowest BCUT2D eigenvalue weighted by molar-refractivity contribution is -0.123. The van der Waals surface area contributed by atoms with Crippen molar-refractivity contribution in [3.8, 4) is 0 Å². The van der Waals surface area contributed by atoms with Crippen molar-refractivity contribution in [1.82, 2.24) is 10.6 Å². The molecule has 0 aliphatic heterocycles. The van der Waals surface area contributed by atoms with E-state index < -0.39 is 12.1 Å². The van der Waals surface area contributed by atoms with E-state index in [1.807, 2.05) is 32.9 Å². The van der Waals surface area contributed by atoms with Crippen molar-refractivity contribution in [3.63, 3.8) is 0 Å². The van der Waals surface area contributed by atoms with E-state index in [-0.39, 0.29) is 11.8 Å². The molecular formula is C11H21N3O2. The minimum absolute atomic E-state index is 0.00853. The average Bonchev–Trinajstić information content (AvgIpc) is 2.20. The van der Waals surface area contributed by atoms with Crippen LogP contribution >= 0.6 is 0 Å². The van der Waals surface area contributed by atoms with Gasteiger partial charge in [0.1, 0.15) is 6.04 Å². The zero-order valence-corrected chi connectivity index (χ0v) is 10.1. The molecule has 0 aromatic heterocycles. The molecule has 1 atom stereocenters. The third-order valence-electron chi connectivity index (χ3n) is 2.09. The number of primary amides is 1. The first-order valence-electron chi connectivity index (χ1n) is 5.43. The maximum Gasteiger partial charge on any atom is 0.312 e. The van der Waals surface area contributed by atoms with Gasteiger partial charge in [-0.1, -0.05) is 26.0 Å². The number of hydrogen-bond acceptors (Lipinski definition) is 2. The lowest BCUT2D eigenvalue weighted by Gasteiger charge is -2.20. The van der Waals surface area contributed by atoms with Crippen LogP contribution in [0.25, 0.3) is 0 Å². The molecule has 0 aromatic carbocycles. The highest BCUT2D eigenvalue weighted by molar-refractivity contribution is 5.86. The minimum atomic E-state index is -0.678. The van der Waals surface area contributed by atoms with Gasteiger partial charge >= 0.3 is 6.03 Å². The van der Waals surface area contributed by atoms with Gasteiger partial charge in [0.25, 0.3) is 0 Å². The van der Waals surface area contributed by atoms with Crippen LogP contribution < -0.4 is 16.4 Å². The molecule has 0 spiro atoms. The lowest BCUT2D eigenvalue weighted by Crippen LogP contribution is -2.51. The van der Waals surface area contributed by atoms with Crippen molar-refractivity contribution in [2.24, 2.45) is 11.7 Å². The Kier molecular flexibility index (Phi) is 7.00. The third kappa shape index (κ3) is 6.06.